The highest BCUT2D eigenvalue weighted by Crippen LogP contribution is 2.50. The van der Waals surface area contributed by atoms with Crippen LogP contribution in [0.5, 0.6) is 0 Å². The molecular formula is C15H22N4O. The van der Waals surface area contributed by atoms with Crippen molar-refractivity contribution in [2.75, 3.05) is 6.54 Å². The maximum Gasteiger partial charge on any atom is 0.276 e. The molecule has 0 unspecified atom stereocenters. The molecule has 1 aromatic heterocycles. The molecule has 5 heteroatoms. The maximum absolute atomic E-state index is 12.5. The number of carbonyl (C=O) groups excluding carboxylic acids is 1. The average Bonchev–Trinajstić information content (AvgIpc) is 3.23. The topological polar surface area (TPSA) is 61.9 Å². The first-order chi connectivity index (χ1) is 9.81. The van der Waals surface area contributed by atoms with Crippen LogP contribution in [0.2, 0.25) is 0 Å². The third-order valence-corrected chi connectivity index (χ3v) is 5.73. The van der Waals surface area contributed by atoms with E-state index in [1.54, 1.807) is 0 Å². The maximum atomic E-state index is 12.5. The van der Waals surface area contributed by atoms with Crippen LogP contribution in [0.4, 0.5) is 0 Å². The Hall–Kier alpha value is -1.39. The van der Waals surface area contributed by atoms with Crippen molar-refractivity contribution in [2.45, 2.75) is 51.0 Å². The molecule has 2 bridgehead atoms. The lowest BCUT2D eigenvalue weighted by Gasteiger charge is -2.29. The third-order valence-electron chi connectivity index (χ3n) is 5.73. The van der Waals surface area contributed by atoms with Crippen molar-refractivity contribution in [2.24, 2.45) is 17.8 Å². The molecular weight excluding hydrogens is 252 g/mol. The Balaban J connectivity index is 1.43. The molecule has 4 atom stereocenters. The van der Waals surface area contributed by atoms with Gasteiger partial charge < -0.3 is 4.90 Å². The Labute approximate surface area is 119 Å². The van der Waals surface area contributed by atoms with E-state index in [1.165, 1.54) is 38.3 Å². The van der Waals surface area contributed by atoms with Gasteiger partial charge in [-0.05, 0) is 56.3 Å². The molecule has 0 spiro atoms. The minimum Gasteiger partial charge on any atom is -0.334 e. The molecule has 108 valence electrons. The number of nitrogens with one attached hydrogen (secondary N) is 1. The molecule has 1 aromatic rings. The first-order valence-corrected chi connectivity index (χ1v) is 7.98. The molecule has 0 aromatic carbocycles. The van der Waals surface area contributed by atoms with E-state index < -0.39 is 0 Å². The highest BCUT2D eigenvalue weighted by molar-refractivity contribution is 5.92. The van der Waals surface area contributed by atoms with Gasteiger partial charge >= 0.3 is 0 Å². The van der Waals surface area contributed by atoms with Crippen molar-refractivity contribution in [3.63, 3.8) is 0 Å². The van der Waals surface area contributed by atoms with Gasteiger partial charge in [-0.3, -0.25) is 4.79 Å². The summed E-state index contributed by atoms with van der Waals surface area (Å²) in [5.41, 5.74) is 0.463. The van der Waals surface area contributed by atoms with Crippen molar-refractivity contribution in [3.8, 4) is 0 Å². The number of fused-ring (bicyclic) bond motifs is 2. The fraction of sp³-hybridized carbons (Fsp3) is 0.800. The standard InChI is InChI=1S/C15H22N4O/c20-15(14-9-16-18-17-14)19-5-1-2-13(19)8-12-7-10-3-4-11(12)6-10/h9-13H,1-8H2,(H,16,17,18)/t10-,11-,12+,13+/m0/s1. The number of hydrogen-bond donors (Lipinski definition) is 1. The molecule has 0 radical (unpaired) electrons. The summed E-state index contributed by atoms with van der Waals surface area (Å²) in [7, 11) is 0. The highest BCUT2D eigenvalue weighted by Gasteiger charge is 2.42. The largest absolute Gasteiger partial charge is 0.334 e. The Morgan fingerprint density at radius 2 is 2.30 bits per heavy atom. The van der Waals surface area contributed by atoms with E-state index in [2.05, 4.69) is 15.4 Å². The van der Waals surface area contributed by atoms with Gasteiger partial charge in [-0.25, -0.2) is 0 Å². The van der Waals surface area contributed by atoms with E-state index in [0.29, 0.717) is 11.7 Å². The zero-order valence-corrected chi connectivity index (χ0v) is 11.8. The first-order valence-electron chi connectivity index (χ1n) is 7.98. The van der Waals surface area contributed by atoms with E-state index in [1.807, 2.05) is 4.90 Å². The van der Waals surface area contributed by atoms with Crippen LogP contribution in [0.3, 0.4) is 0 Å². The summed E-state index contributed by atoms with van der Waals surface area (Å²) in [4.78, 5) is 14.5. The van der Waals surface area contributed by atoms with Crippen LogP contribution in [0.1, 0.15) is 55.4 Å². The Morgan fingerprint density at radius 1 is 1.35 bits per heavy atom. The van der Waals surface area contributed by atoms with Crippen LogP contribution in [0.15, 0.2) is 6.20 Å². The van der Waals surface area contributed by atoms with Crippen LogP contribution < -0.4 is 0 Å². The van der Waals surface area contributed by atoms with Crippen LogP contribution >= 0.6 is 0 Å². The van der Waals surface area contributed by atoms with E-state index in [-0.39, 0.29) is 5.91 Å². The van der Waals surface area contributed by atoms with E-state index in [9.17, 15) is 4.79 Å². The van der Waals surface area contributed by atoms with Crippen LogP contribution in [-0.2, 0) is 0 Å². The summed E-state index contributed by atoms with van der Waals surface area (Å²) in [5, 5.41) is 10.2. The van der Waals surface area contributed by atoms with E-state index >= 15 is 0 Å². The molecule has 3 aliphatic rings. The van der Waals surface area contributed by atoms with Crippen molar-refractivity contribution >= 4 is 5.91 Å². The van der Waals surface area contributed by atoms with Gasteiger partial charge in [0.25, 0.3) is 5.91 Å². The normalized spacial score (nSPS) is 35.9. The van der Waals surface area contributed by atoms with Crippen LogP contribution in [-0.4, -0.2) is 38.8 Å². The lowest BCUT2D eigenvalue weighted by atomic mass is 9.83. The summed E-state index contributed by atoms with van der Waals surface area (Å²) in [5.74, 6) is 2.87. The molecule has 2 aliphatic carbocycles. The van der Waals surface area contributed by atoms with Crippen LogP contribution in [0, 0.1) is 17.8 Å². The summed E-state index contributed by atoms with van der Waals surface area (Å²) in [6, 6.07) is 0.434. The second-order valence-electron chi connectivity index (χ2n) is 6.82. The van der Waals surface area contributed by atoms with Gasteiger partial charge in [-0.2, -0.15) is 15.4 Å². The van der Waals surface area contributed by atoms with Crippen LogP contribution in [0.25, 0.3) is 0 Å². The van der Waals surface area contributed by atoms with Gasteiger partial charge in [0.2, 0.25) is 0 Å². The molecule has 5 nitrogen and oxygen atoms in total. The average molecular weight is 274 g/mol. The lowest BCUT2D eigenvalue weighted by molar-refractivity contribution is 0.0701. The Morgan fingerprint density at radius 3 is 3.00 bits per heavy atom. The number of H-pyrrole nitrogens is 1. The predicted molar refractivity (Wildman–Crippen MR) is 74.0 cm³/mol. The van der Waals surface area contributed by atoms with E-state index in [0.717, 1.165) is 37.1 Å². The molecule has 20 heavy (non-hydrogen) atoms. The van der Waals surface area contributed by atoms with Crippen molar-refractivity contribution in [1.82, 2.24) is 20.3 Å². The number of carbonyl (C=O) groups is 1. The van der Waals surface area contributed by atoms with Gasteiger partial charge in [0, 0.05) is 12.6 Å². The lowest BCUT2D eigenvalue weighted by Crippen LogP contribution is -2.37. The Kier molecular flexibility index (Phi) is 3.00. The molecule has 2 heterocycles. The highest BCUT2D eigenvalue weighted by atomic mass is 16.2. The Bertz CT molecular complexity index is 486. The number of rotatable bonds is 3. The molecule has 2 saturated carbocycles. The molecule has 1 saturated heterocycles. The second kappa shape index (κ2) is 4.86. The number of aromatic nitrogens is 3. The molecule has 1 aliphatic heterocycles. The summed E-state index contributed by atoms with van der Waals surface area (Å²) < 4.78 is 0. The number of hydrogen-bond acceptors (Lipinski definition) is 3. The number of amides is 1. The second-order valence-corrected chi connectivity index (χ2v) is 6.82. The molecule has 4 rings (SSSR count). The minimum absolute atomic E-state index is 0.0596. The number of aromatic amines is 1. The van der Waals surface area contributed by atoms with Gasteiger partial charge in [0.15, 0.2) is 5.69 Å². The SMILES string of the molecule is O=C(c1cn[nH]n1)N1CCC[C@@H]1C[C@H]1C[C@H]2CC[C@H]1C2. The van der Waals surface area contributed by atoms with Gasteiger partial charge in [-0.15, -0.1) is 0 Å². The fourth-order valence-corrected chi connectivity index (χ4v) is 4.81. The van der Waals surface area contributed by atoms with Gasteiger partial charge in [0.05, 0.1) is 6.20 Å². The molecule has 3 fully saturated rings. The summed E-state index contributed by atoms with van der Waals surface area (Å²) >= 11 is 0. The molecule has 1 N–H and O–H groups in total. The van der Waals surface area contributed by atoms with Crippen molar-refractivity contribution < 1.29 is 4.79 Å². The zero-order valence-electron chi connectivity index (χ0n) is 11.8. The minimum atomic E-state index is 0.0596. The summed E-state index contributed by atoms with van der Waals surface area (Å²) in [6.45, 7) is 0.886. The van der Waals surface area contributed by atoms with Crippen molar-refractivity contribution in [1.29, 1.82) is 0 Å². The number of nitrogens with zero attached hydrogens (tertiary/aromatic N) is 3. The van der Waals surface area contributed by atoms with Gasteiger partial charge in [0.1, 0.15) is 0 Å². The summed E-state index contributed by atoms with van der Waals surface area (Å²) in [6.07, 6.45) is 10.8. The fourth-order valence-electron chi connectivity index (χ4n) is 4.81. The monoisotopic (exact) mass is 274 g/mol. The van der Waals surface area contributed by atoms with E-state index in [4.69, 9.17) is 0 Å². The third kappa shape index (κ3) is 2.03. The molecule has 1 amide bonds. The first kappa shape index (κ1) is 12.4. The smallest absolute Gasteiger partial charge is 0.276 e. The van der Waals surface area contributed by atoms with Crippen molar-refractivity contribution in [3.05, 3.63) is 11.9 Å². The number of likely N-dealkylation sites (tertiary alicyclic amines) is 1. The van der Waals surface area contributed by atoms with Gasteiger partial charge in [-0.1, -0.05) is 6.42 Å². The quantitative estimate of drug-likeness (QED) is 0.919. The zero-order chi connectivity index (χ0) is 13.5. The predicted octanol–water partition coefficient (Wildman–Crippen LogP) is 2.24.